The highest BCUT2D eigenvalue weighted by Gasteiger charge is 2.29. The third-order valence-electron chi connectivity index (χ3n) is 3.22. The molecule has 0 amide bonds. The van der Waals surface area contributed by atoms with Crippen LogP contribution in [0.4, 0.5) is 13.2 Å². The van der Waals surface area contributed by atoms with Gasteiger partial charge < -0.3 is 5.32 Å². The summed E-state index contributed by atoms with van der Waals surface area (Å²) in [5.74, 6) is 0. The lowest BCUT2D eigenvalue weighted by Crippen LogP contribution is -2.30. The van der Waals surface area contributed by atoms with E-state index in [2.05, 4.69) is 11.9 Å². The van der Waals surface area contributed by atoms with Crippen LogP contribution >= 0.6 is 0 Å². The summed E-state index contributed by atoms with van der Waals surface area (Å²) in [6.07, 6.45) is 1.39. The Morgan fingerprint density at radius 2 is 1.90 bits per heavy atom. The maximum atomic E-state index is 12.5. The SMILES string of the molecule is C=CCCCC(Cc1ccc(C(F)(F)F)cc1)NCC. The van der Waals surface area contributed by atoms with Crippen molar-refractivity contribution in [2.45, 2.75) is 44.8 Å². The van der Waals surface area contributed by atoms with Crippen molar-refractivity contribution < 1.29 is 13.2 Å². The second kappa shape index (κ2) is 8.10. The molecule has 0 saturated heterocycles. The fourth-order valence-corrected chi connectivity index (χ4v) is 2.19. The number of likely N-dealkylation sites (N-methyl/N-ethyl adjacent to an activating group) is 1. The molecule has 1 nitrogen and oxygen atoms in total. The van der Waals surface area contributed by atoms with Gasteiger partial charge in [0.15, 0.2) is 0 Å². The van der Waals surface area contributed by atoms with Crippen LogP contribution in [0, 0.1) is 0 Å². The van der Waals surface area contributed by atoms with Gasteiger partial charge in [-0.05, 0) is 49.9 Å². The molecule has 1 aromatic rings. The van der Waals surface area contributed by atoms with E-state index in [1.165, 1.54) is 0 Å². The molecule has 1 unspecified atom stereocenters. The minimum atomic E-state index is -4.26. The second-order valence-electron chi connectivity index (χ2n) is 4.87. The molecule has 0 fully saturated rings. The fraction of sp³-hybridized carbons (Fsp3) is 0.500. The summed E-state index contributed by atoms with van der Waals surface area (Å²) in [4.78, 5) is 0. The Bertz CT molecular complexity index is 395. The Hall–Kier alpha value is -1.29. The van der Waals surface area contributed by atoms with Crippen molar-refractivity contribution in [3.8, 4) is 0 Å². The summed E-state index contributed by atoms with van der Waals surface area (Å²) in [6, 6.07) is 5.75. The van der Waals surface area contributed by atoms with Gasteiger partial charge in [0, 0.05) is 6.04 Å². The third-order valence-corrected chi connectivity index (χ3v) is 3.22. The topological polar surface area (TPSA) is 12.0 Å². The first-order valence-corrected chi connectivity index (χ1v) is 6.97. The molecule has 4 heteroatoms. The average molecular weight is 285 g/mol. The van der Waals surface area contributed by atoms with Crippen LogP contribution in [0.3, 0.4) is 0 Å². The molecule has 112 valence electrons. The van der Waals surface area contributed by atoms with Crippen molar-refractivity contribution in [3.05, 3.63) is 48.0 Å². The van der Waals surface area contributed by atoms with Crippen molar-refractivity contribution in [2.24, 2.45) is 0 Å². The van der Waals surface area contributed by atoms with E-state index in [1.54, 1.807) is 12.1 Å². The summed E-state index contributed by atoms with van der Waals surface area (Å²) in [6.45, 7) is 6.59. The van der Waals surface area contributed by atoms with Crippen molar-refractivity contribution in [3.63, 3.8) is 0 Å². The molecule has 0 saturated carbocycles. The first-order chi connectivity index (χ1) is 9.47. The quantitative estimate of drug-likeness (QED) is 0.544. The van der Waals surface area contributed by atoms with Crippen molar-refractivity contribution in [1.82, 2.24) is 5.32 Å². The smallest absolute Gasteiger partial charge is 0.314 e. The number of hydrogen-bond donors (Lipinski definition) is 1. The monoisotopic (exact) mass is 285 g/mol. The Kier molecular flexibility index (Phi) is 6.79. The van der Waals surface area contributed by atoms with Gasteiger partial charge >= 0.3 is 6.18 Å². The zero-order valence-corrected chi connectivity index (χ0v) is 11.8. The Balaban J connectivity index is 2.61. The predicted octanol–water partition coefficient (Wildman–Crippen LogP) is 4.58. The Morgan fingerprint density at radius 3 is 2.40 bits per heavy atom. The molecule has 0 spiro atoms. The summed E-state index contributed by atoms with van der Waals surface area (Å²) in [5, 5.41) is 3.38. The molecule has 20 heavy (non-hydrogen) atoms. The van der Waals surface area contributed by atoms with Crippen molar-refractivity contribution in [1.29, 1.82) is 0 Å². The largest absolute Gasteiger partial charge is 0.416 e. The molecule has 0 aliphatic rings. The van der Waals surface area contributed by atoms with Gasteiger partial charge in [-0.2, -0.15) is 13.2 Å². The highest BCUT2D eigenvalue weighted by molar-refractivity contribution is 5.25. The van der Waals surface area contributed by atoms with Gasteiger partial charge in [-0.3, -0.25) is 0 Å². The standard InChI is InChI=1S/C16H22F3N/c1-3-5-6-7-15(20-4-2)12-13-8-10-14(11-9-13)16(17,18)19/h3,8-11,15,20H,1,4-7,12H2,2H3. The molecule has 1 aromatic carbocycles. The van der Waals surface area contributed by atoms with Crippen LogP contribution in [0.5, 0.6) is 0 Å². The van der Waals surface area contributed by atoms with Crippen LogP contribution in [0.1, 0.15) is 37.3 Å². The van der Waals surface area contributed by atoms with Crippen LogP contribution in [0.15, 0.2) is 36.9 Å². The maximum absolute atomic E-state index is 12.5. The Labute approximate surface area is 118 Å². The zero-order chi connectivity index (χ0) is 15.0. The first-order valence-electron chi connectivity index (χ1n) is 6.97. The van der Waals surface area contributed by atoms with E-state index < -0.39 is 11.7 Å². The minimum Gasteiger partial charge on any atom is -0.314 e. The number of rotatable bonds is 8. The number of benzene rings is 1. The lowest BCUT2D eigenvalue weighted by molar-refractivity contribution is -0.137. The zero-order valence-electron chi connectivity index (χ0n) is 11.8. The van der Waals surface area contributed by atoms with E-state index in [0.717, 1.165) is 49.9 Å². The van der Waals surface area contributed by atoms with E-state index in [0.29, 0.717) is 6.04 Å². The number of halogens is 3. The summed E-state index contributed by atoms with van der Waals surface area (Å²) >= 11 is 0. The summed E-state index contributed by atoms with van der Waals surface area (Å²) < 4.78 is 37.5. The molecule has 0 aliphatic heterocycles. The first kappa shape index (κ1) is 16.8. The van der Waals surface area contributed by atoms with E-state index in [-0.39, 0.29) is 0 Å². The lowest BCUT2D eigenvalue weighted by Gasteiger charge is -2.18. The lowest BCUT2D eigenvalue weighted by atomic mass is 10.00. The van der Waals surface area contributed by atoms with Crippen LogP contribution in [0.25, 0.3) is 0 Å². The normalized spacial score (nSPS) is 13.2. The molecular formula is C16H22F3N. The van der Waals surface area contributed by atoms with Crippen LogP contribution < -0.4 is 5.32 Å². The third kappa shape index (κ3) is 5.78. The maximum Gasteiger partial charge on any atom is 0.416 e. The molecule has 0 bridgehead atoms. The molecule has 1 N–H and O–H groups in total. The van der Waals surface area contributed by atoms with Crippen molar-refractivity contribution >= 4 is 0 Å². The number of allylic oxidation sites excluding steroid dienone is 1. The number of hydrogen-bond acceptors (Lipinski definition) is 1. The van der Waals surface area contributed by atoms with Crippen molar-refractivity contribution in [2.75, 3.05) is 6.54 Å². The second-order valence-corrected chi connectivity index (χ2v) is 4.87. The summed E-state index contributed by atoms with van der Waals surface area (Å²) in [5.41, 5.74) is 0.343. The fourth-order valence-electron chi connectivity index (χ4n) is 2.19. The van der Waals surface area contributed by atoms with E-state index in [9.17, 15) is 13.2 Å². The van der Waals surface area contributed by atoms with Gasteiger partial charge in [-0.15, -0.1) is 6.58 Å². The van der Waals surface area contributed by atoms with E-state index >= 15 is 0 Å². The molecule has 1 atom stereocenters. The molecule has 0 aliphatic carbocycles. The van der Waals surface area contributed by atoms with Crippen LogP contribution in [-0.4, -0.2) is 12.6 Å². The average Bonchev–Trinajstić information content (AvgIpc) is 2.39. The minimum absolute atomic E-state index is 0.302. The molecule has 1 rings (SSSR count). The molecule has 0 aromatic heterocycles. The van der Waals surface area contributed by atoms with Gasteiger partial charge in [0.1, 0.15) is 0 Å². The van der Waals surface area contributed by atoms with Gasteiger partial charge in [0.2, 0.25) is 0 Å². The number of unbranched alkanes of at least 4 members (excludes halogenated alkanes) is 1. The van der Waals surface area contributed by atoms with Gasteiger partial charge in [0.05, 0.1) is 5.56 Å². The molecule has 0 radical (unpaired) electrons. The van der Waals surface area contributed by atoms with Gasteiger partial charge in [-0.25, -0.2) is 0 Å². The highest BCUT2D eigenvalue weighted by atomic mass is 19.4. The highest BCUT2D eigenvalue weighted by Crippen LogP contribution is 2.29. The molecule has 0 heterocycles. The predicted molar refractivity (Wildman–Crippen MR) is 76.7 cm³/mol. The summed E-state index contributed by atoms with van der Waals surface area (Å²) in [7, 11) is 0. The molecular weight excluding hydrogens is 263 g/mol. The number of alkyl halides is 3. The van der Waals surface area contributed by atoms with E-state index in [1.807, 2.05) is 13.0 Å². The van der Waals surface area contributed by atoms with E-state index in [4.69, 9.17) is 0 Å². The Morgan fingerprint density at radius 1 is 1.25 bits per heavy atom. The van der Waals surface area contributed by atoms with Crippen LogP contribution in [-0.2, 0) is 12.6 Å². The van der Waals surface area contributed by atoms with Crippen LogP contribution in [0.2, 0.25) is 0 Å². The number of nitrogens with one attached hydrogen (secondary N) is 1. The van der Waals surface area contributed by atoms with Gasteiger partial charge in [0.25, 0.3) is 0 Å². The van der Waals surface area contributed by atoms with Gasteiger partial charge in [-0.1, -0.05) is 25.1 Å².